The molecule has 2 heterocycles. The molecular formula is C19H26FN5. The standard InChI is InChI=1S/C19H26FN5/c1-4-24-7-9-25(10-8-24)18-6-5-16(11-17(18)20)13-22-19-15(3)21-12-14(2)23-19/h5-6,11-12H,4,7-10,13H2,1-3H3,(H,22,23). The van der Waals surface area contributed by atoms with Crippen molar-refractivity contribution in [2.75, 3.05) is 42.9 Å². The molecule has 0 bridgehead atoms. The van der Waals surface area contributed by atoms with Crippen molar-refractivity contribution in [1.82, 2.24) is 14.9 Å². The maximum Gasteiger partial charge on any atom is 0.148 e. The Kier molecular flexibility index (Phi) is 5.48. The maximum absolute atomic E-state index is 14.6. The largest absolute Gasteiger partial charge is 0.367 e. The predicted octanol–water partition coefficient (Wildman–Crippen LogP) is 2.99. The topological polar surface area (TPSA) is 44.3 Å². The number of hydrogen-bond acceptors (Lipinski definition) is 5. The van der Waals surface area contributed by atoms with E-state index < -0.39 is 0 Å². The van der Waals surface area contributed by atoms with Crippen molar-refractivity contribution in [2.24, 2.45) is 0 Å². The summed E-state index contributed by atoms with van der Waals surface area (Å²) in [5, 5.41) is 3.25. The summed E-state index contributed by atoms with van der Waals surface area (Å²) in [6.07, 6.45) is 1.74. The van der Waals surface area contributed by atoms with Crippen molar-refractivity contribution in [3.05, 3.63) is 47.2 Å². The van der Waals surface area contributed by atoms with E-state index in [1.54, 1.807) is 12.3 Å². The van der Waals surface area contributed by atoms with E-state index in [0.29, 0.717) is 12.2 Å². The van der Waals surface area contributed by atoms with E-state index in [9.17, 15) is 4.39 Å². The van der Waals surface area contributed by atoms with Crippen molar-refractivity contribution in [1.29, 1.82) is 0 Å². The van der Waals surface area contributed by atoms with Crippen LogP contribution in [0.1, 0.15) is 23.9 Å². The van der Waals surface area contributed by atoms with Crippen LogP contribution in [0.4, 0.5) is 15.9 Å². The van der Waals surface area contributed by atoms with Gasteiger partial charge in [0.15, 0.2) is 0 Å². The minimum atomic E-state index is -0.156. The summed E-state index contributed by atoms with van der Waals surface area (Å²) in [5.74, 6) is 0.594. The molecule has 6 heteroatoms. The van der Waals surface area contributed by atoms with E-state index in [2.05, 4.69) is 32.0 Å². The molecule has 0 radical (unpaired) electrons. The number of anilines is 2. The van der Waals surface area contributed by atoms with Gasteiger partial charge in [-0.15, -0.1) is 0 Å². The molecule has 0 amide bonds. The van der Waals surface area contributed by atoms with Crippen LogP contribution in [0.25, 0.3) is 0 Å². The van der Waals surface area contributed by atoms with Crippen LogP contribution in [-0.2, 0) is 6.54 Å². The molecule has 1 aliphatic heterocycles. The molecule has 1 aromatic carbocycles. The van der Waals surface area contributed by atoms with Crippen LogP contribution in [0, 0.1) is 19.7 Å². The van der Waals surface area contributed by atoms with Crippen molar-refractivity contribution < 1.29 is 4.39 Å². The first-order valence-corrected chi connectivity index (χ1v) is 8.86. The molecular weight excluding hydrogens is 317 g/mol. The van der Waals surface area contributed by atoms with Crippen LogP contribution < -0.4 is 10.2 Å². The summed E-state index contributed by atoms with van der Waals surface area (Å²) in [6, 6.07) is 5.49. The highest BCUT2D eigenvalue weighted by Gasteiger charge is 2.18. The summed E-state index contributed by atoms with van der Waals surface area (Å²) in [5.41, 5.74) is 3.31. The summed E-state index contributed by atoms with van der Waals surface area (Å²) in [4.78, 5) is 13.2. The van der Waals surface area contributed by atoms with E-state index >= 15 is 0 Å². The highest BCUT2D eigenvalue weighted by atomic mass is 19.1. The number of aryl methyl sites for hydroxylation is 2. The van der Waals surface area contributed by atoms with Crippen LogP contribution in [0.2, 0.25) is 0 Å². The minimum absolute atomic E-state index is 0.156. The second-order valence-corrected chi connectivity index (χ2v) is 6.51. The van der Waals surface area contributed by atoms with E-state index in [1.165, 1.54) is 0 Å². The molecule has 0 unspecified atom stereocenters. The first kappa shape index (κ1) is 17.6. The molecule has 1 N–H and O–H groups in total. The fourth-order valence-electron chi connectivity index (χ4n) is 3.11. The second-order valence-electron chi connectivity index (χ2n) is 6.51. The number of nitrogens with one attached hydrogen (secondary N) is 1. The third-order valence-electron chi connectivity index (χ3n) is 4.71. The number of nitrogens with zero attached hydrogens (tertiary/aromatic N) is 4. The van der Waals surface area contributed by atoms with Gasteiger partial charge in [0.2, 0.25) is 0 Å². The summed E-state index contributed by atoms with van der Waals surface area (Å²) in [7, 11) is 0. The average molecular weight is 343 g/mol. The number of rotatable bonds is 5. The number of hydrogen-bond donors (Lipinski definition) is 1. The van der Waals surface area contributed by atoms with Gasteiger partial charge in [0, 0.05) is 38.9 Å². The summed E-state index contributed by atoms with van der Waals surface area (Å²) in [6.45, 7) is 11.3. The van der Waals surface area contributed by atoms with Crippen molar-refractivity contribution in [3.63, 3.8) is 0 Å². The zero-order valence-electron chi connectivity index (χ0n) is 15.2. The highest BCUT2D eigenvalue weighted by Crippen LogP contribution is 2.22. The Morgan fingerprint density at radius 1 is 1.16 bits per heavy atom. The number of likely N-dealkylation sites (N-methyl/N-ethyl adjacent to an activating group) is 1. The zero-order valence-corrected chi connectivity index (χ0v) is 15.2. The molecule has 1 aromatic heterocycles. The fraction of sp³-hybridized carbons (Fsp3) is 0.474. The van der Waals surface area contributed by atoms with E-state index in [4.69, 9.17) is 0 Å². The molecule has 1 fully saturated rings. The third-order valence-corrected chi connectivity index (χ3v) is 4.71. The lowest BCUT2D eigenvalue weighted by atomic mass is 10.1. The monoisotopic (exact) mass is 343 g/mol. The lowest BCUT2D eigenvalue weighted by molar-refractivity contribution is 0.270. The van der Waals surface area contributed by atoms with Crippen molar-refractivity contribution >= 4 is 11.5 Å². The Morgan fingerprint density at radius 3 is 2.60 bits per heavy atom. The quantitative estimate of drug-likeness (QED) is 0.904. The number of halogens is 1. The van der Waals surface area contributed by atoms with E-state index in [1.807, 2.05) is 26.0 Å². The van der Waals surface area contributed by atoms with Gasteiger partial charge in [-0.3, -0.25) is 4.98 Å². The summed E-state index contributed by atoms with van der Waals surface area (Å²) < 4.78 is 14.6. The number of benzene rings is 1. The minimum Gasteiger partial charge on any atom is -0.367 e. The van der Waals surface area contributed by atoms with Gasteiger partial charge in [0.25, 0.3) is 0 Å². The molecule has 1 saturated heterocycles. The van der Waals surface area contributed by atoms with E-state index in [0.717, 1.165) is 55.5 Å². The normalized spacial score (nSPS) is 15.4. The number of piperazine rings is 1. The Labute approximate surface area is 148 Å². The average Bonchev–Trinajstić information content (AvgIpc) is 2.63. The van der Waals surface area contributed by atoms with Gasteiger partial charge >= 0.3 is 0 Å². The third kappa shape index (κ3) is 4.25. The Hall–Kier alpha value is -2.21. The first-order chi connectivity index (χ1) is 12.1. The van der Waals surface area contributed by atoms with Gasteiger partial charge in [0.1, 0.15) is 11.6 Å². The van der Waals surface area contributed by atoms with Crippen LogP contribution >= 0.6 is 0 Å². The molecule has 0 atom stereocenters. The van der Waals surface area contributed by atoms with Crippen molar-refractivity contribution in [2.45, 2.75) is 27.3 Å². The predicted molar refractivity (Wildman–Crippen MR) is 99.6 cm³/mol. The Morgan fingerprint density at radius 2 is 1.92 bits per heavy atom. The van der Waals surface area contributed by atoms with Gasteiger partial charge in [-0.25, -0.2) is 9.37 Å². The Balaban J connectivity index is 1.65. The smallest absolute Gasteiger partial charge is 0.148 e. The molecule has 2 aromatic rings. The molecule has 0 aliphatic carbocycles. The van der Waals surface area contributed by atoms with Crippen LogP contribution in [-0.4, -0.2) is 47.6 Å². The highest BCUT2D eigenvalue weighted by molar-refractivity contribution is 5.50. The molecule has 0 saturated carbocycles. The van der Waals surface area contributed by atoms with Crippen molar-refractivity contribution in [3.8, 4) is 0 Å². The molecule has 25 heavy (non-hydrogen) atoms. The lowest BCUT2D eigenvalue weighted by Gasteiger charge is -2.35. The molecule has 3 rings (SSSR count). The molecule has 5 nitrogen and oxygen atoms in total. The Bertz CT molecular complexity index is 726. The van der Waals surface area contributed by atoms with E-state index in [-0.39, 0.29) is 5.82 Å². The van der Waals surface area contributed by atoms with Gasteiger partial charge in [-0.2, -0.15) is 0 Å². The van der Waals surface area contributed by atoms with Crippen LogP contribution in [0.3, 0.4) is 0 Å². The van der Waals surface area contributed by atoms with Gasteiger partial charge in [-0.05, 0) is 38.1 Å². The number of aromatic nitrogens is 2. The van der Waals surface area contributed by atoms with Crippen LogP contribution in [0.15, 0.2) is 24.4 Å². The van der Waals surface area contributed by atoms with Gasteiger partial charge in [0.05, 0.1) is 17.1 Å². The van der Waals surface area contributed by atoms with Gasteiger partial charge < -0.3 is 15.1 Å². The lowest BCUT2D eigenvalue weighted by Crippen LogP contribution is -2.46. The van der Waals surface area contributed by atoms with Gasteiger partial charge in [-0.1, -0.05) is 13.0 Å². The maximum atomic E-state index is 14.6. The molecule has 0 spiro atoms. The first-order valence-electron chi connectivity index (χ1n) is 8.86. The zero-order chi connectivity index (χ0) is 17.8. The SMILES string of the molecule is CCN1CCN(c2ccc(CNc3nc(C)cnc3C)cc2F)CC1. The molecule has 1 aliphatic rings. The molecule has 134 valence electrons. The summed E-state index contributed by atoms with van der Waals surface area (Å²) >= 11 is 0. The second kappa shape index (κ2) is 7.78. The fourth-order valence-corrected chi connectivity index (χ4v) is 3.11. The van der Waals surface area contributed by atoms with Crippen LogP contribution in [0.5, 0.6) is 0 Å².